The molecule has 1 aromatic carbocycles. The zero-order chi connectivity index (χ0) is 22.5. The van der Waals surface area contributed by atoms with Gasteiger partial charge in [0.25, 0.3) is 0 Å². The molecule has 1 aromatic rings. The van der Waals surface area contributed by atoms with Crippen LogP contribution in [0.5, 0.6) is 5.75 Å². The molecule has 0 unspecified atom stereocenters. The van der Waals surface area contributed by atoms with Gasteiger partial charge < -0.3 is 19.9 Å². The molecule has 2 saturated heterocycles. The van der Waals surface area contributed by atoms with Crippen LogP contribution in [0.25, 0.3) is 0 Å². The minimum Gasteiger partial charge on any atom is -0.497 e. The summed E-state index contributed by atoms with van der Waals surface area (Å²) in [5.41, 5.74) is 1.26. The van der Waals surface area contributed by atoms with Crippen LogP contribution in [0.15, 0.2) is 24.3 Å². The zero-order valence-electron chi connectivity index (χ0n) is 17.1. The van der Waals surface area contributed by atoms with Crippen LogP contribution in [0.2, 0.25) is 0 Å². The number of fused-ring (bicyclic) bond motifs is 2. The molecule has 2 fully saturated rings. The van der Waals surface area contributed by atoms with Crippen LogP contribution < -0.4 is 10.1 Å². The minimum atomic E-state index is -5.08. The number of aliphatic carboxylic acids is 1. The molecule has 10 heteroatoms. The van der Waals surface area contributed by atoms with Gasteiger partial charge in [-0.25, -0.2) is 4.79 Å². The first-order valence-corrected chi connectivity index (χ1v) is 9.60. The second kappa shape index (κ2) is 10.1. The molecule has 0 saturated carbocycles. The topological polar surface area (TPSA) is 88.1 Å². The number of nitrogens with one attached hydrogen (secondary N) is 1. The molecular weight excluding hydrogens is 405 g/mol. The lowest BCUT2D eigenvalue weighted by Gasteiger charge is -2.32. The van der Waals surface area contributed by atoms with E-state index in [-0.39, 0.29) is 30.1 Å². The fourth-order valence-electron chi connectivity index (χ4n) is 3.52. The maximum absolute atomic E-state index is 12.3. The Balaban J connectivity index is 0.000000396. The monoisotopic (exact) mass is 432 g/mol. The fourth-order valence-corrected chi connectivity index (χ4v) is 3.52. The number of carboxylic acid groups (broad SMARTS) is 1. The van der Waals surface area contributed by atoms with Crippen molar-refractivity contribution in [1.82, 2.24) is 10.2 Å². The van der Waals surface area contributed by atoms with E-state index in [1.54, 1.807) is 7.11 Å². The lowest BCUT2D eigenvalue weighted by Crippen LogP contribution is -2.45. The van der Waals surface area contributed by atoms with Crippen molar-refractivity contribution in [3.63, 3.8) is 0 Å². The highest BCUT2D eigenvalue weighted by atomic mass is 19.4. The molecule has 168 valence electrons. The molecular formula is C20H27F3N2O5. The third kappa shape index (κ3) is 6.88. The van der Waals surface area contributed by atoms with Gasteiger partial charge in [-0.05, 0) is 38.0 Å². The van der Waals surface area contributed by atoms with Crippen molar-refractivity contribution in [2.24, 2.45) is 5.92 Å². The normalized spacial score (nSPS) is 23.5. The van der Waals surface area contributed by atoms with Crippen molar-refractivity contribution in [2.45, 2.75) is 51.2 Å². The third-order valence-electron chi connectivity index (χ3n) is 4.81. The largest absolute Gasteiger partial charge is 0.497 e. The summed E-state index contributed by atoms with van der Waals surface area (Å²) in [4.78, 5) is 23.6. The van der Waals surface area contributed by atoms with Crippen LogP contribution in [0.1, 0.15) is 25.8 Å². The molecule has 0 spiro atoms. The van der Waals surface area contributed by atoms with Gasteiger partial charge in [-0.2, -0.15) is 13.2 Å². The number of ether oxygens (including phenoxy) is 2. The number of hydrogen-bond donors (Lipinski definition) is 2. The molecule has 0 radical (unpaired) electrons. The van der Waals surface area contributed by atoms with Gasteiger partial charge >= 0.3 is 12.1 Å². The van der Waals surface area contributed by atoms with Crippen LogP contribution in [0, 0.1) is 5.92 Å². The van der Waals surface area contributed by atoms with Crippen molar-refractivity contribution in [2.75, 3.05) is 20.2 Å². The number of likely N-dealkylation sites (tertiary alicyclic amines) is 1. The van der Waals surface area contributed by atoms with E-state index in [0.29, 0.717) is 0 Å². The standard InChI is InChI=1S/C18H26N2O3.C2HF3O2/c1-12(2)19-18(21)16-8-15-10-20(11-17(16)23-15)9-13-4-6-14(22-3)7-5-13;3-2(4,5)1(6)7/h4-7,12,15-17H,8-11H2,1-3H3,(H,19,21);(H,6,7)/t15-,16+,17-;/m1./s1. The predicted octanol–water partition coefficient (Wildman–Crippen LogP) is 2.44. The maximum atomic E-state index is 12.3. The smallest absolute Gasteiger partial charge is 0.490 e. The fraction of sp³-hybridized carbons (Fsp3) is 0.600. The second-order valence-corrected chi connectivity index (χ2v) is 7.65. The third-order valence-corrected chi connectivity index (χ3v) is 4.81. The summed E-state index contributed by atoms with van der Waals surface area (Å²) < 4.78 is 42.9. The summed E-state index contributed by atoms with van der Waals surface area (Å²) in [7, 11) is 1.68. The van der Waals surface area contributed by atoms with E-state index in [0.717, 1.165) is 31.8 Å². The molecule has 3 rings (SSSR count). The summed E-state index contributed by atoms with van der Waals surface area (Å²) in [6, 6.07) is 8.35. The average Bonchev–Trinajstić information content (AvgIpc) is 2.96. The molecule has 2 heterocycles. The van der Waals surface area contributed by atoms with Crippen LogP contribution in [-0.2, 0) is 20.9 Å². The molecule has 2 bridgehead atoms. The Morgan fingerprint density at radius 2 is 1.87 bits per heavy atom. The Hall–Kier alpha value is -2.33. The molecule has 3 atom stereocenters. The average molecular weight is 432 g/mol. The van der Waals surface area contributed by atoms with E-state index in [1.807, 2.05) is 26.0 Å². The Morgan fingerprint density at radius 3 is 2.37 bits per heavy atom. The summed E-state index contributed by atoms with van der Waals surface area (Å²) in [6.07, 6.45) is -4.05. The lowest BCUT2D eigenvalue weighted by molar-refractivity contribution is -0.192. The van der Waals surface area contributed by atoms with E-state index in [9.17, 15) is 18.0 Å². The maximum Gasteiger partial charge on any atom is 0.490 e. The van der Waals surface area contributed by atoms with Crippen LogP contribution in [0.4, 0.5) is 13.2 Å². The number of amides is 1. The molecule has 0 aromatic heterocycles. The zero-order valence-corrected chi connectivity index (χ0v) is 17.1. The highest BCUT2D eigenvalue weighted by Gasteiger charge is 2.44. The molecule has 7 nitrogen and oxygen atoms in total. The van der Waals surface area contributed by atoms with Crippen molar-refractivity contribution in [3.8, 4) is 5.75 Å². The number of alkyl halides is 3. The van der Waals surface area contributed by atoms with Gasteiger partial charge in [0.1, 0.15) is 5.75 Å². The Labute approximate surface area is 173 Å². The van der Waals surface area contributed by atoms with E-state index >= 15 is 0 Å². The van der Waals surface area contributed by atoms with E-state index < -0.39 is 12.1 Å². The summed E-state index contributed by atoms with van der Waals surface area (Å²) in [5, 5.41) is 10.1. The second-order valence-electron chi connectivity index (χ2n) is 7.65. The minimum absolute atomic E-state index is 0.0109. The molecule has 2 aliphatic rings. The first-order valence-electron chi connectivity index (χ1n) is 9.60. The lowest BCUT2D eigenvalue weighted by atomic mass is 9.99. The summed E-state index contributed by atoms with van der Waals surface area (Å²) >= 11 is 0. The number of carboxylic acids is 1. The first kappa shape index (κ1) is 23.9. The highest BCUT2D eigenvalue weighted by Crippen LogP contribution is 2.32. The van der Waals surface area contributed by atoms with Crippen molar-refractivity contribution in [1.29, 1.82) is 0 Å². The Kier molecular flexibility index (Phi) is 8.08. The molecule has 1 amide bonds. The van der Waals surface area contributed by atoms with E-state index in [4.69, 9.17) is 19.4 Å². The highest BCUT2D eigenvalue weighted by molar-refractivity contribution is 5.80. The van der Waals surface area contributed by atoms with E-state index in [2.05, 4.69) is 22.3 Å². The SMILES string of the molecule is COc1ccc(CN2C[C@H]3C[C@H](C(=O)NC(C)C)[C@@H](C2)O3)cc1.O=C(O)C(F)(F)F. The predicted molar refractivity (Wildman–Crippen MR) is 102 cm³/mol. The Morgan fingerprint density at radius 1 is 1.27 bits per heavy atom. The van der Waals surface area contributed by atoms with Crippen molar-refractivity contribution >= 4 is 11.9 Å². The molecule has 2 aliphatic heterocycles. The van der Waals surface area contributed by atoms with Gasteiger partial charge in [0, 0.05) is 25.7 Å². The number of halogens is 3. The van der Waals surface area contributed by atoms with Gasteiger partial charge in [-0.1, -0.05) is 12.1 Å². The molecule has 0 aliphatic carbocycles. The number of carbonyl (C=O) groups excluding carboxylic acids is 1. The number of methoxy groups -OCH3 is 1. The summed E-state index contributed by atoms with van der Waals surface area (Å²) in [5.74, 6) is -1.75. The first-order chi connectivity index (χ1) is 14.0. The van der Waals surface area contributed by atoms with Gasteiger partial charge in [0.2, 0.25) is 5.91 Å². The van der Waals surface area contributed by atoms with Crippen LogP contribution in [0.3, 0.4) is 0 Å². The van der Waals surface area contributed by atoms with Crippen molar-refractivity contribution in [3.05, 3.63) is 29.8 Å². The van der Waals surface area contributed by atoms with Gasteiger partial charge in [0.15, 0.2) is 0 Å². The van der Waals surface area contributed by atoms with Gasteiger partial charge in [-0.3, -0.25) is 9.69 Å². The quantitative estimate of drug-likeness (QED) is 0.743. The van der Waals surface area contributed by atoms with Crippen LogP contribution >= 0.6 is 0 Å². The van der Waals surface area contributed by atoms with Crippen molar-refractivity contribution < 1.29 is 37.3 Å². The number of rotatable bonds is 5. The number of nitrogens with zero attached hydrogens (tertiary/aromatic N) is 1. The number of hydrogen-bond acceptors (Lipinski definition) is 5. The molecule has 30 heavy (non-hydrogen) atoms. The number of morpholine rings is 1. The molecule has 2 N–H and O–H groups in total. The van der Waals surface area contributed by atoms with E-state index in [1.165, 1.54) is 5.56 Å². The van der Waals surface area contributed by atoms with Gasteiger partial charge in [0.05, 0.1) is 25.2 Å². The van der Waals surface area contributed by atoms with Crippen LogP contribution in [-0.4, -0.2) is 66.5 Å². The number of benzene rings is 1. The Bertz CT molecular complexity index is 724. The summed E-state index contributed by atoms with van der Waals surface area (Å²) in [6.45, 7) is 6.59. The number of carbonyl (C=O) groups is 2. The van der Waals surface area contributed by atoms with Gasteiger partial charge in [-0.15, -0.1) is 0 Å².